The van der Waals surface area contributed by atoms with Gasteiger partial charge in [0, 0.05) is 38.4 Å². The molecule has 1 aliphatic rings. The van der Waals surface area contributed by atoms with E-state index in [1.54, 1.807) is 0 Å². The van der Waals surface area contributed by atoms with Crippen molar-refractivity contribution in [1.82, 2.24) is 9.80 Å². The average molecular weight is 410 g/mol. The minimum Gasteiger partial charge on any atom is -0.339 e. The Balaban J connectivity index is 1.30. The van der Waals surface area contributed by atoms with Crippen LogP contribution in [0.1, 0.15) is 5.56 Å². The first-order chi connectivity index (χ1) is 14.2. The van der Waals surface area contributed by atoms with Crippen molar-refractivity contribution in [2.24, 2.45) is 0 Å². The SMILES string of the molecule is O=C(CSCC(=O)N1CCN(C/C=C/c2ccccc2)CC1)Nc1ccccc1. The standard InChI is InChI=1S/C23H27N3O2S/c27-22(24-21-11-5-2-6-12-21)18-29-19-23(28)26-16-14-25(15-17-26)13-7-10-20-8-3-1-4-9-20/h1-12H,13-19H2,(H,24,27)/b10-7+. The molecule has 0 unspecified atom stereocenters. The van der Waals surface area contributed by atoms with E-state index in [-0.39, 0.29) is 17.6 Å². The Hall–Kier alpha value is -2.57. The summed E-state index contributed by atoms with van der Waals surface area (Å²) >= 11 is 1.37. The van der Waals surface area contributed by atoms with Gasteiger partial charge in [-0.25, -0.2) is 0 Å². The van der Waals surface area contributed by atoms with Gasteiger partial charge in [0.1, 0.15) is 0 Å². The van der Waals surface area contributed by atoms with Gasteiger partial charge >= 0.3 is 0 Å². The van der Waals surface area contributed by atoms with Crippen molar-refractivity contribution in [2.75, 3.05) is 49.5 Å². The van der Waals surface area contributed by atoms with Gasteiger partial charge in [0.05, 0.1) is 11.5 Å². The van der Waals surface area contributed by atoms with Gasteiger partial charge in [-0.15, -0.1) is 11.8 Å². The number of para-hydroxylation sites is 1. The highest BCUT2D eigenvalue weighted by atomic mass is 32.2. The number of anilines is 1. The van der Waals surface area contributed by atoms with Crippen LogP contribution >= 0.6 is 11.8 Å². The highest BCUT2D eigenvalue weighted by Gasteiger charge is 2.20. The lowest BCUT2D eigenvalue weighted by atomic mass is 10.2. The highest BCUT2D eigenvalue weighted by molar-refractivity contribution is 8.00. The monoisotopic (exact) mass is 409 g/mol. The van der Waals surface area contributed by atoms with Gasteiger partial charge in [0.25, 0.3) is 0 Å². The lowest BCUT2D eigenvalue weighted by Crippen LogP contribution is -2.49. The maximum absolute atomic E-state index is 12.4. The summed E-state index contributed by atoms with van der Waals surface area (Å²) in [6, 6.07) is 19.6. The molecule has 0 atom stereocenters. The zero-order chi connectivity index (χ0) is 20.3. The van der Waals surface area contributed by atoms with Crippen molar-refractivity contribution in [3.63, 3.8) is 0 Å². The van der Waals surface area contributed by atoms with Gasteiger partial charge in [0.2, 0.25) is 11.8 Å². The first-order valence-electron chi connectivity index (χ1n) is 9.85. The summed E-state index contributed by atoms with van der Waals surface area (Å²) in [7, 11) is 0. The van der Waals surface area contributed by atoms with E-state index in [4.69, 9.17) is 0 Å². The van der Waals surface area contributed by atoms with Gasteiger partial charge in [-0.3, -0.25) is 14.5 Å². The number of carbonyl (C=O) groups is 2. The fourth-order valence-electron chi connectivity index (χ4n) is 3.12. The number of hydrogen-bond donors (Lipinski definition) is 1. The van der Waals surface area contributed by atoms with E-state index in [0.29, 0.717) is 5.75 Å². The third kappa shape index (κ3) is 7.40. The van der Waals surface area contributed by atoms with Gasteiger partial charge < -0.3 is 10.2 Å². The van der Waals surface area contributed by atoms with Crippen molar-refractivity contribution in [3.05, 3.63) is 72.3 Å². The molecular formula is C23H27N3O2S. The van der Waals surface area contributed by atoms with E-state index in [0.717, 1.165) is 38.4 Å². The third-order valence-corrected chi connectivity index (χ3v) is 5.63. The van der Waals surface area contributed by atoms with Crippen LogP contribution in [0.5, 0.6) is 0 Å². The molecule has 1 fully saturated rings. The normalized spacial score (nSPS) is 14.8. The molecular weight excluding hydrogens is 382 g/mol. The molecule has 29 heavy (non-hydrogen) atoms. The van der Waals surface area contributed by atoms with Crippen LogP contribution in [0.4, 0.5) is 5.69 Å². The Bertz CT molecular complexity index is 803. The Morgan fingerprint density at radius 2 is 1.55 bits per heavy atom. The molecule has 2 aromatic carbocycles. The molecule has 5 nitrogen and oxygen atoms in total. The van der Waals surface area contributed by atoms with Crippen LogP contribution in [-0.4, -0.2) is 65.8 Å². The second kappa shape index (κ2) is 11.4. The lowest BCUT2D eigenvalue weighted by molar-refractivity contribution is -0.129. The molecule has 1 N–H and O–H groups in total. The zero-order valence-electron chi connectivity index (χ0n) is 16.5. The largest absolute Gasteiger partial charge is 0.339 e. The molecule has 0 radical (unpaired) electrons. The average Bonchev–Trinajstić information content (AvgIpc) is 2.75. The number of nitrogens with one attached hydrogen (secondary N) is 1. The van der Waals surface area contributed by atoms with E-state index < -0.39 is 0 Å². The molecule has 1 aliphatic heterocycles. The Morgan fingerprint density at radius 1 is 0.897 bits per heavy atom. The smallest absolute Gasteiger partial charge is 0.234 e. The van der Waals surface area contributed by atoms with Crippen LogP contribution in [0.15, 0.2) is 66.7 Å². The summed E-state index contributed by atoms with van der Waals surface area (Å²) in [5.74, 6) is 0.659. The van der Waals surface area contributed by atoms with Crippen LogP contribution in [0.25, 0.3) is 6.08 Å². The quantitative estimate of drug-likeness (QED) is 0.727. The number of benzene rings is 2. The van der Waals surface area contributed by atoms with E-state index in [1.165, 1.54) is 17.3 Å². The van der Waals surface area contributed by atoms with E-state index in [1.807, 2.05) is 53.4 Å². The van der Waals surface area contributed by atoms with Crippen LogP contribution in [-0.2, 0) is 9.59 Å². The van der Waals surface area contributed by atoms with E-state index in [9.17, 15) is 9.59 Å². The summed E-state index contributed by atoms with van der Waals surface area (Å²) in [5.41, 5.74) is 1.98. The fourth-order valence-corrected chi connectivity index (χ4v) is 3.84. The molecule has 1 saturated heterocycles. The van der Waals surface area contributed by atoms with Crippen molar-refractivity contribution in [1.29, 1.82) is 0 Å². The summed E-state index contributed by atoms with van der Waals surface area (Å²) in [6.07, 6.45) is 4.31. The van der Waals surface area contributed by atoms with Gasteiger partial charge in [-0.2, -0.15) is 0 Å². The molecule has 152 valence electrons. The number of piperazine rings is 1. The molecule has 1 heterocycles. The van der Waals surface area contributed by atoms with Crippen LogP contribution in [0.2, 0.25) is 0 Å². The van der Waals surface area contributed by atoms with Crippen LogP contribution < -0.4 is 5.32 Å². The first-order valence-corrected chi connectivity index (χ1v) is 11.0. The summed E-state index contributed by atoms with van der Waals surface area (Å²) < 4.78 is 0. The number of carbonyl (C=O) groups excluding carboxylic acids is 2. The number of amides is 2. The Labute approximate surface area is 176 Å². The number of thioether (sulfide) groups is 1. The minimum absolute atomic E-state index is 0.0796. The molecule has 2 amide bonds. The van der Waals surface area contributed by atoms with E-state index >= 15 is 0 Å². The van der Waals surface area contributed by atoms with Crippen molar-refractivity contribution in [2.45, 2.75) is 0 Å². The van der Waals surface area contributed by atoms with Gasteiger partial charge in [-0.1, -0.05) is 60.7 Å². The van der Waals surface area contributed by atoms with Crippen LogP contribution in [0.3, 0.4) is 0 Å². The van der Waals surface area contributed by atoms with Crippen molar-refractivity contribution < 1.29 is 9.59 Å². The minimum atomic E-state index is -0.0796. The summed E-state index contributed by atoms with van der Waals surface area (Å²) in [4.78, 5) is 28.6. The Morgan fingerprint density at radius 3 is 2.24 bits per heavy atom. The predicted molar refractivity (Wildman–Crippen MR) is 121 cm³/mol. The molecule has 2 aromatic rings. The van der Waals surface area contributed by atoms with Crippen LogP contribution in [0, 0.1) is 0 Å². The first kappa shape index (κ1) is 21.1. The molecule has 0 aromatic heterocycles. The number of hydrogen-bond acceptors (Lipinski definition) is 4. The topological polar surface area (TPSA) is 52.7 Å². The zero-order valence-corrected chi connectivity index (χ0v) is 17.3. The van der Waals surface area contributed by atoms with Crippen molar-refractivity contribution in [3.8, 4) is 0 Å². The second-order valence-electron chi connectivity index (χ2n) is 6.90. The molecule has 6 heteroatoms. The van der Waals surface area contributed by atoms with Gasteiger partial charge in [0.15, 0.2) is 0 Å². The summed E-state index contributed by atoms with van der Waals surface area (Å²) in [5, 5.41) is 2.83. The van der Waals surface area contributed by atoms with E-state index in [2.05, 4.69) is 34.5 Å². The Kier molecular flexibility index (Phi) is 8.34. The molecule has 0 bridgehead atoms. The van der Waals surface area contributed by atoms with Gasteiger partial charge in [-0.05, 0) is 17.7 Å². The molecule has 0 aliphatic carbocycles. The fraction of sp³-hybridized carbons (Fsp3) is 0.304. The van der Waals surface area contributed by atoms with Crippen molar-refractivity contribution >= 4 is 35.3 Å². The maximum atomic E-state index is 12.4. The highest BCUT2D eigenvalue weighted by Crippen LogP contribution is 2.10. The molecule has 0 spiro atoms. The predicted octanol–water partition coefficient (Wildman–Crippen LogP) is 3.22. The number of nitrogens with zero attached hydrogens (tertiary/aromatic N) is 2. The summed E-state index contributed by atoms with van der Waals surface area (Å²) in [6.45, 7) is 4.14. The molecule has 3 rings (SSSR count). The lowest BCUT2D eigenvalue weighted by Gasteiger charge is -2.34. The third-order valence-electron chi connectivity index (χ3n) is 4.71. The molecule has 0 saturated carbocycles. The number of rotatable bonds is 8. The maximum Gasteiger partial charge on any atom is 0.234 e. The second-order valence-corrected chi connectivity index (χ2v) is 7.89.